The third-order valence-corrected chi connectivity index (χ3v) is 1.89. The van der Waals surface area contributed by atoms with Gasteiger partial charge in [0.05, 0.1) is 7.11 Å². The average molecular weight is 307 g/mol. The molecule has 0 N–H and O–H groups in total. The summed E-state index contributed by atoms with van der Waals surface area (Å²) in [6.07, 6.45) is -10.8. The van der Waals surface area contributed by atoms with E-state index in [1.165, 1.54) is 0 Å². The highest BCUT2D eigenvalue weighted by Gasteiger charge is 2.41. The van der Waals surface area contributed by atoms with Gasteiger partial charge < -0.3 is 9.47 Å². The number of esters is 1. The normalized spacial score (nSPS) is 12.2. The van der Waals surface area contributed by atoms with Gasteiger partial charge in [-0.2, -0.15) is 13.2 Å². The molecular weight excluding hydrogens is 303 g/mol. The van der Waals surface area contributed by atoms with Crippen LogP contribution in [0.2, 0.25) is 0 Å². The van der Waals surface area contributed by atoms with Gasteiger partial charge in [0, 0.05) is 6.20 Å². The minimum atomic E-state index is -5.37. The second-order valence-corrected chi connectivity index (χ2v) is 3.20. The Kier molecular flexibility index (Phi) is 4.10. The second-order valence-electron chi connectivity index (χ2n) is 3.20. The molecule has 0 aromatic carbocycles. The molecular formula is C9H4F7NO3. The summed E-state index contributed by atoms with van der Waals surface area (Å²) in [6, 6.07) is 0. The number of methoxy groups -OCH3 is 1. The Morgan fingerprint density at radius 3 is 2.15 bits per heavy atom. The lowest BCUT2D eigenvalue weighted by atomic mass is 10.1. The summed E-state index contributed by atoms with van der Waals surface area (Å²) in [4.78, 5) is 13.8. The van der Waals surface area contributed by atoms with Crippen LogP contribution in [0.3, 0.4) is 0 Å². The zero-order valence-corrected chi connectivity index (χ0v) is 9.40. The molecule has 0 radical (unpaired) electrons. The van der Waals surface area contributed by atoms with Crippen molar-refractivity contribution in [3.63, 3.8) is 0 Å². The topological polar surface area (TPSA) is 48.4 Å². The summed E-state index contributed by atoms with van der Waals surface area (Å²) in [5.74, 6) is -5.73. The van der Waals surface area contributed by atoms with E-state index in [1.54, 1.807) is 0 Å². The first-order chi connectivity index (χ1) is 8.97. The fraction of sp³-hybridized carbons (Fsp3) is 0.333. The zero-order valence-electron chi connectivity index (χ0n) is 9.40. The van der Waals surface area contributed by atoms with Gasteiger partial charge in [-0.3, -0.25) is 0 Å². The number of aromatic nitrogens is 1. The smallest absolute Gasteiger partial charge is 0.465 e. The van der Waals surface area contributed by atoms with Crippen LogP contribution >= 0.6 is 0 Å². The SMILES string of the molecule is COC(=O)c1c(OC(F)(F)F)ncc(C(F)(F)F)c1F. The van der Waals surface area contributed by atoms with Gasteiger partial charge in [0.25, 0.3) is 0 Å². The number of nitrogens with zero attached hydrogens (tertiary/aromatic N) is 1. The van der Waals surface area contributed by atoms with Gasteiger partial charge in [0.1, 0.15) is 5.56 Å². The first kappa shape index (κ1) is 16.0. The first-order valence-corrected chi connectivity index (χ1v) is 4.57. The summed E-state index contributed by atoms with van der Waals surface area (Å²) >= 11 is 0. The van der Waals surface area contributed by atoms with E-state index in [0.29, 0.717) is 7.11 Å². The molecule has 0 spiro atoms. The Labute approximate surface area is 106 Å². The summed E-state index contributed by atoms with van der Waals surface area (Å²) in [5.41, 5.74) is -3.72. The predicted molar refractivity (Wildman–Crippen MR) is 47.2 cm³/mol. The van der Waals surface area contributed by atoms with Gasteiger partial charge in [-0.05, 0) is 0 Å². The highest BCUT2D eigenvalue weighted by Crippen LogP contribution is 2.35. The van der Waals surface area contributed by atoms with Crippen molar-refractivity contribution in [2.24, 2.45) is 0 Å². The van der Waals surface area contributed by atoms with Crippen molar-refractivity contribution in [1.29, 1.82) is 0 Å². The van der Waals surface area contributed by atoms with Crippen molar-refractivity contribution in [2.45, 2.75) is 12.5 Å². The van der Waals surface area contributed by atoms with Crippen LogP contribution in [-0.2, 0) is 10.9 Å². The number of halogens is 7. The molecule has 0 aliphatic carbocycles. The minimum Gasteiger partial charge on any atom is -0.465 e. The van der Waals surface area contributed by atoms with E-state index in [1.807, 2.05) is 0 Å². The Morgan fingerprint density at radius 2 is 1.75 bits per heavy atom. The Balaban J connectivity index is 3.48. The summed E-state index contributed by atoms with van der Waals surface area (Å²) < 4.78 is 93.7. The summed E-state index contributed by atoms with van der Waals surface area (Å²) in [6.45, 7) is 0. The Morgan fingerprint density at radius 1 is 1.20 bits per heavy atom. The van der Waals surface area contributed by atoms with Crippen LogP contribution in [0.5, 0.6) is 5.88 Å². The first-order valence-electron chi connectivity index (χ1n) is 4.57. The van der Waals surface area contributed by atoms with Crippen LogP contribution < -0.4 is 4.74 Å². The molecule has 0 bridgehead atoms. The number of rotatable bonds is 2. The fourth-order valence-electron chi connectivity index (χ4n) is 1.14. The van der Waals surface area contributed by atoms with Gasteiger partial charge in [0.15, 0.2) is 11.4 Å². The van der Waals surface area contributed by atoms with E-state index in [2.05, 4.69) is 14.5 Å². The molecule has 0 fully saturated rings. The van der Waals surface area contributed by atoms with E-state index in [0.717, 1.165) is 0 Å². The van der Waals surface area contributed by atoms with Crippen LogP contribution in [0.1, 0.15) is 15.9 Å². The molecule has 0 saturated carbocycles. The Bertz CT molecular complexity index is 523. The lowest BCUT2D eigenvalue weighted by molar-refractivity contribution is -0.276. The van der Waals surface area contributed by atoms with E-state index in [4.69, 9.17) is 0 Å². The molecule has 4 nitrogen and oxygen atoms in total. The van der Waals surface area contributed by atoms with Crippen LogP contribution in [0.25, 0.3) is 0 Å². The van der Waals surface area contributed by atoms with Crippen molar-refractivity contribution in [3.05, 3.63) is 23.1 Å². The standard InChI is InChI=1S/C9H4F7NO3/c1-19-7(18)4-5(10)3(8(11,12)13)2-17-6(4)20-9(14,15)16/h2H,1H3. The zero-order chi connectivity index (χ0) is 15.7. The highest BCUT2D eigenvalue weighted by atomic mass is 19.4. The van der Waals surface area contributed by atoms with Crippen molar-refractivity contribution < 1.29 is 45.0 Å². The van der Waals surface area contributed by atoms with Gasteiger partial charge in [-0.1, -0.05) is 0 Å². The lowest BCUT2D eigenvalue weighted by Gasteiger charge is -2.14. The van der Waals surface area contributed by atoms with E-state index in [-0.39, 0.29) is 6.20 Å². The molecule has 0 aliphatic heterocycles. The number of hydrogen-bond acceptors (Lipinski definition) is 4. The van der Waals surface area contributed by atoms with Gasteiger partial charge in [-0.25, -0.2) is 14.2 Å². The largest absolute Gasteiger partial charge is 0.574 e. The molecule has 0 unspecified atom stereocenters. The van der Waals surface area contributed by atoms with Crippen molar-refractivity contribution in [1.82, 2.24) is 4.98 Å². The molecule has 0 aliphatic rings. The number of pyridine rings is 1. The molecule has 1 heterocycles. The maximum absolute atomic E-state index is 13.5. The molecule has 1 aromatic rings. The maximum atomic E-state index is 13.5. The van der Waals surface area contributed by atoms with Crippen LogP contribution in [0.15, 0.2) is 6.20 Å². The quantitative estimate of drug-likeness (QED) is 0.622. The molecule has 20 heavy (non-hydrogen) atoms. The van der Waals surface area contributed by atoms with E-state index < -0.39 is 41.3 Å². The Hall–Kier alpha value is -2.07. The summed E-state index contributed by atoms with van der Waals surface area (Å²) in [5, 5.41) is 0. The molecule has 0 saturated heterocycles. The predicted octanol–water partition coefficient (Wildman–Crippen LogP) is 2.92. The van der Waals surface area contributed by atoms with Gasteiger partial charge in [0.2, 0.25) is 5.88 Å². The molecule has 11 heteroatoms. The molecule has 0 amide bonds. The second kappa shape index (κ2) is 5.13. The van der Waals surface area contributed by atoms with Gasteiger partial charge >= 0.3 is 18.5 Å². The van der Waals surface area contributed by atoms with E-state index >= 15 is 0 Å². The highest BCUT2D eigenvalue weighted by molar-refractivity contribution is 5.92. The van der Waals surface area contributed by atoms with Crippen LogP contribution in [-0.4, -0.2) is 24.4 Å². The molecule has 1 rings (SSSR count). The number of hydrogen-bond donors (Lipinski definition) is 0. The van der Waals surface area contributed by atoms with Crippen molar-refractivity contribution >= 4 is 5.97 Å². The number of carbonyl (C=O) groups excluding carboxylic acids is 1. The average Bonchev–Trinajstić information content (AvgIpc) is 2.24. The van der Waals surface area contributed by atoms with Crippen molar-refractivity contribution in [2.75, 3.05) is 7.11 Å². The molecule has 112 valence electrons. The third kappa shape index (κ3) is 3.48. The number of ether oxygens (including phenoxy) is 2. The minimum absolute atomic E-state index is 0.219. The molecule has 0 atom stereocenters. The monoisotopic (exact) mass is 307 g/mol. The van der Waals surface area contributed by atoms with E-state index in [9.17, 15) is 35.5 Å². The maximum Gasteiger partial charge on any atom is 0.574 e. The number of alkyl halides is 6. The van der Waals surface area contributed by atoms with Crippen LogP contribution in [0.4, 0.5) is 30.7 Å². The van der Waals surface area contributed by atoms with Gasteiger partial charge in [-0.15, -0.1) is 13.2 Å². The third-order valence-electron chi connectivity index (χ3n) is 1.89. The number of carbonyl (C=O) groups is 1. The fourth-order valence-corrected chi connectivity index (χ4v) is 1.14. The lowest BCUT2D eigenvalue weighted by Crippen LogP contribution is -2.22. The summed E-state index contributed by atoms with van der Waals surface area (Å²) in [7, 11) is 0.638. The molecule has 1 aromatic heterocycles. The van der Waals surface area contributed by atoms with Crippen molar-refractivity contribution in [3.8, 4) is 5.88 Å². The van der Waals surface area contributed by atoms with Crippen LogP contribution in [0, 0.1) is 5.82 Å².